The SMILES string of the molecule is CCCCC1CCC(C(=O)NCCc2cc(C)no2)CC1. The van der Waals surface area contributed by atoms with Crippen LogP contribution in [0.15, 0.2) is 10.6 Å². The van der Waals surface area contributed by atoms with Gasteiger partial charge in [0.25, 0.3) is 0 Å². The van der Waals surface area contributed by atoms with Crippen LogP contribution >= 0.6 is 0 Å². The van der Waals surface area contributed by atoms with Crippen LogP contribution in [0.25, 0.3) is 0 Å². The molecule has 0 radical (unpaired) electrons. The van der Waals surface area contributed by atoms with E-state index in [1.54, 1.807) is 0 Å². The fourth-order valence-electron chi connectivity index (χ4n) is 3.19. The molecule has 4 nitrogen and oxygen atoms in total. The summed E-state index contributed by atoms with van der Waals surface area (Å²) in [5, 5.41) is 6.89. The van der Waals surface area contributed by atoms with E-state index < -0.39 is 0 Å². The Morgan fingerprint density at radius 1 is 1.38 bits per heavy atom. The van der Waals surface area contributed by atoms with Crippen molar-refractivity contribution in [1.29, 1.82) is 0 Å². The molecule has 1 fully saturated rings. The van der Waals surface area contributed by atoms with Crippen LogP contribution in [0.3, 0.4) is 0 Å². The largest absolute Gasteiger partial charge is 0.361 e. The zero-order valence-corrected chi connectivity index (χ0v) is 13.4. The van der Waals surface area contributed by atoms with Crippen molar-refractivity contribution in [2.45, 2.75) is 65.2 Å². The molecule has 1 aromatic heterocycles. The van der Waals surface area contributed by atoms with Crippen LogP contribution < -0.4 is 5.32 Å². The van der Waals surface area contributed by atoms with Gasteiger partial charge in [-0.2, -0.15) is 0 Å². The van der Waals surface area contributed by atoms with Crippen LogP contribution in [0.1, 0.15) is 63.3 Å². The van der Waals surface area contributed by atoms with Gasteiger partial charge in [0.2, 0.25) is 5.91 Å². The molecule has 1 saturated carbocycles. The molecule has 1 aliphatic carbocycles. The fourth-order valence-corrected chi connectivity index (χ4v) is 3.19. The molecule has 1 N–H and O–H groups in total. The van der Waals surface area contributed by atoms with Crippen LogP contribution in [-0.2, 0) is 11.2 Å². The Kier molecular flexibility index (Phi) is 6.27. The van der Waals surface area contributed by atoms with Gasteiger partial charge in [0, 0.05) is 24.9 Å². The van der Waals surface area contributed by atoms with Crippen LogP contribution in [-0.4, -0.2) is 17.6 Å². The maximum absolute atomic E-state index is 12.2. The zero-order chi connectivity index (χ0) is 15.1. The molecule has 1 heterocycles. The number of carbonyl (C=O) groups excluding carboxylic acids is 1. The lowest BCUT2D eigenvalue weighted by molar-refractivity contribution is -0.126. The molecule has 0 saturated heterocycles. The van der Waals surface area contributed by atoms with Crippen LogP contribution in [0.2, 0.25) is 0 Å². The minimum absolute atomic E-state index is 0.222. The predicted molar refractivity (Wildman–Crippen MR) is 82.9 cm³/mol. The molecule has 0 unspecified atom stereocenters. The topological polar surface area (TPSA) is 55.1 Å². The molecule has 21 heavy (non-hydrogen) atoms. The zero-order valence-electron chi connectivity index (χ0n) is 13.4. The van der Waals surface area contributed by atoms with Crippen LogP contribution in [0.5, 0.6) is 0 Å². The monoisotopic (exact) mass is 292 g/mol. The predicted octanol–water partition coefficient (Wildman–Crippen LogP) is 3.64. The number of aromatic nitrogens is 1. The van der Waals surface area contributed by atoms with Gasteiger partial charge in [0.15, 0.2) is 0 Å². The first kappa shape index (κ1) is 16.1. The lowest BCUT2D eigenvalue weighted by atomic mass is 9.79. The highest BCUT2D eigenvalue weighted by Crippen LogP contribution is 2.31. The first-order valence-corrected chi connectivity index (χ1v) is 8.39. The van der Waals surface area contributed by atoms with Crippen molar-refractivity contribution in [3.8, 4) is 0 Å². The molecule has 0 aliphatic heterocycles. The Morgan fingerprint density at radius 3 is 2.76 bits per heavy atom. The van der Waals surface area contributed by atoms with Gasteiger partial charge in [0.1, 0.15) is 5.76 Å². The highest BCUT2D eigenvalue weighted by atomic mass is 16.5. The van der Waals surface area contributed by atoms with Crippen molar-refractivity contribution in [3.05, 3.63) is 17.5 Å². The van der Waals surface area contributed by atoms with Gasteiger partial charge in [0.05, 0.1) is 5.69 Å². The van der Waals surface area contributed by atoms with E-state index in [0.29, 0.717) is 6.54 Å². The van der Waals surface area contributed by atoms with Crippen molar-refractivity contribution in [1.82, 2.24) is 10.5 Å². The summed E-state index contributed by atoms with van der Waals surface area (Å²) in [6.45, 7) is 4.79. The minimum Gasteiger partial charge on any atom is -0.361 e. The van der Waals surface area contributed by atoms with Gasteiger partial charge in [-0.1, -0.05) is 31.3 Å². The third kappa shape index (κ3) is 5.18. The summed E-state index contributed by atoms with van der Waals surface area (Å²) in [5.41, 5.74) is 0.890. The quantitative estimate of drug-likeness (QED) is 0.834. The second-order valence-electron chi connectivity index (χ2n) is 6.34. The van der Waals surface area contributed by atoms with Gasteiger partial charge >= 0.3 is 0 Å². The number of rotatable bonds is 7. The molecule has 1 aromatic rings. The van der Waals surface area contributed by atoms with E-state index in [2.05, 4.69) is 17.4 Å². The fraction of sp³-hybridized carbons (Fsp3) is 0.765. The molecule has 0 bridgehead atoms. The van der Waals surface area contributed by atoms with Gasteiger partial charge < -0.3 is 9.84 Å². The van der Waals surface area contributed by atoms with Gasteiger partial charge in [-0.05, 0) is 38.5 Å². The van der Waals surface area contributed by atoms with E-state index in [0.717, 1.165) is 36.6 Å². The molecule has 1 aliphatic rings. The number of carbonyl (C=O) groups is 1. The van der Waals surface area contributed by atoms with Crippen molar-refractivity contribution >= 4 is 5.91 Å². The maximum atomic E-state index is 12.2. The van der Waals surface area contributed by atoms with E-state index in [4.69, 9.17) is 4.52 Å². The first-order valence-electron chi connectivity index (χ1n) is 8.39. The molecule has 1 amide bonds. The summed E-state index contributed by atoms with van der Waals surface area (Å²) in [7, 11) is 0. The smallest absolute Gasteiger partial charge is 0.223 e. The van der Waals surface area contributed by atoms with Crippen molar-refractivity contribution in [2.24, 2.45) is 11.8 Å². The summed E-state index contributed by atoms with van der Waals surface area (Å²) < 4.78 is 5.14. The summed E-state index contributed by atoms with van der Waals surface area (Å²) in [6.07, 6.45) is 9.23. The Bertz CT molecular complexity index is 434. The van der Waals surface area contributed by atoms with E-state index in [-0.39, 0.29) is 11.8 Å². The van der Waals surface area contributed by atoms with Gasteiger partial charge in [-0.3, -0.25) is 4.79 Å². The second kappa shape index (κ2) is 8.20. The molecular weight excluding hydrogens is 264 g/mol. The normalized spacial score (nSPS) is 22.2. The third-order valence-corrected chi connectivity index (χ3v) is 4.53. The number of unbranched alkanes of at least 4 members (excludes halogenated alkanes) is 1. The van der Waals surface area contributed by atoms with Gasteiger partial charge in [-0.15, -0.1) is 0 Å². The average molecular weight is 292 g/mol. The Labute approximate surface area is 127 Å². The lowest BCUT2D eigenvalue weighted by Crippen LogP contribution is -2.34. The molecular formula is C17H28N2O2. The van der Waals surface area contributed by atoms with Crippen molar-refractivity contribution in [2.75, 3.05) is 6.54 Å². The third-order valence-electron chi connectivity index (χ3n) is 4.53. The van der Waals surface area contributed by atoms with Crippen molar-refractivity contribution < 1.29 is 9.32 Å². The van der Waals surface area contributed by atoms with E-state index >= 15 is 0 Å². The summed E-state index contributed by atoms with van der Waals surface area (Å²) >= 11 is 0. The number of hydrogen-bond donors (Lipinski definition) is 1. The van der Waals surface area contributed by atoms with Gasteiger partial charge in [-0.25, -0.2) is 0 Å². The van der Waals surface area contributed by atoms with E-state index in [1.165, 1.54) is 32.1 Å². The minimum atomic E-state index is 0.222. The molecule has 0 atom stereocenters. The standard InChI is InChI=1S/C17H28N2O2/c1-3-4-5-14-6-8-15(9-7-14)17(20)18-11-10-16-12-13(2)19-21-16/h12,14-15H,3-11H2,1-2H3,(H,18,20). The molecule has 4 heteroatoms. The van der Waals surface area contributed by atoms with E-state index in [9.17, 15) is 4.79 Å². The number of amides is 1. The maximum Gasteiger partial charge on any atom is 0.223 e. The number of nitrogens with zero attached hydrogens (tertiary/aromatic N) is 1. The second-order valence-corrected chi connectivity index (χ2v) is 6.34. The highest BCUT2D eigenvalue weighted by Gasteiger charge is 2.25. The number of nitrogens with one attached hydrogen (secondary N) is 1. The lowest BCUT2D eigenvalue weighted by Gasteiger charge is -2.27. The summed E-state index contributed by atoms with van der Waals surface area (Å²) in [6, 6.07) is 1.92. The Morgan fingerprint density at radius 2 is 2.14 bits per heavy atom. The molecule has 0 spiro atoms. The molecule has 118 valence electrons. The molecule has 0 aromatic carbocycles. The Balaban J connectivity index is 1.63. The first-order chi connectivity index (χ1) is 10.2. The average Bonchev–Trinajstić information content (AvgIpc) is 2.91. The summed E-state index contributed by atoms with van der Waals surface area (Å²) in [4.78, 5) is 12.2. The van der Waals surface area contributed by atoms with Crippen LogP contribution in [0.4, 0.5) is 0 Å². The van der Waals surface area contributed by atoms with E-state index in [1.807, 2.05) is 13.0 Å². The number of aryl methyl sites for hydroxylation is 1. The molecule has 2 rings (SSSR count). The van der Waals surface area contributed by atoms with Crippen molar-refractivity contribution in [3.63, 3.8) is 0 Å². The number of hydrogen-bond acceptors (Lipinski definition) is 3. The highest BCUT2D eigenvalue weighted by molar-refractivity contribution is 5.78. The Hall–Kier alpha value is -1.32. The summed E-state index contributed by atoms with van der Waals surface area (Å²) in [5.74, 6) is 2.14. The van der Waals surface area contributed by atoms with Crippen LogP contribution in [0, 0.1) is 18.8 Å².